The van der Waals surface area contributed by atoms with E-state index in [2.05, 4.69) is 5.32 Å². The van der Waals surface area contributed by atoms with Crippen LogP contribution in [0, 0.1) is 0 Å². The summed E-state index contributed by atoms with van der Waals surface area (Å²) in [5.41, 5.74) is 0.869. The number of benzene rings is 1. The second-order valence-corrected chi connectivity index (χ2v) is 5.93. The zero-order chi connectivity index (χ0) is 19.8. The van der Waals surface area contributed by atoms with Crippen molar-refractivity contribution in [3.05, 3.63) is 23.4 Å². The Morgan fingerprint density at radius 2 is 1.52 bits per heavy atom. The Balaban J connectivity index is 2.40. The summed E-state index contributed by atoms with van der Waals surface area (Å²) in [6.45, 7) is 9.50. The predicted molar refractivity (Wildman–Crippen MR) is 103 cm³/mol. The van der Waals surface area contributed by atoms with Gasteiger partial charge in [0, 0.05) is 18.2 Å². The number of urea groups is 1. The molecular formula is C20H28N2O5. The van der Waals surface area contributed by atoms with Crippen molar-refractivity contribution in [2.24, 2.45) is 0 Å². The molecule has 0 atom stereocenters. The summed E-state index contributed by atoms with van der Waals surface area (Å²) in [5.74, 6) is 1.37. The van der Waals surface area contributed by atoms with Crippen molar-refractivity contribution in [1.29, 1.82) is 0 Å². The van der Waals surface area contributed by atoms with E-state index in [0.29, 0.717) is 49.2 Å². The molecule has 1 aliphatic heterocycles. The fraction of sp³-hybridized carbons (Fsp3) is 0.500. The summed E-state index contributed by atoms with van der Waals surface area (Å²) in [5, 5.41) is 2.64. The molecule has 1 heterocycles. The average molecular weight is 376 g/mol. The van der Waals surface area contributed by atoms with Crippen LogP contribution in [-0.2, 0) is 4.79 Å². The molecule has 0 aromatic heterocycles. The van der Waals surface area contributed by atoms with Gasteiger partial charge in [-0.1, -0.05) is 13.3 Å². The minimum Gasteiger partial charge on any atom is -0.493 e. The van der Waals surface area contributed by atoms with Crippen molar-refractivity contribution < 1.29 is 23.8 Å². The van der Waals surface area contributed by atoms with Gasteiger partial charge in [0.1, 0.15) is 11.4 Å². The Morgan fingerprint density at radius 3 is 2.11 bits per heavy atom. The Bertz CT molecular complexity index is 715. The maximum Gasteiger partial charge on any atom is 0.329 e. The number of rotatable bonds is 10. The number of hydrogen-bond acceptors (Lipinski definition) is 5. The topological polar surface area (TPSA) is 77.1 Å². The van der Waals surface area contributed by atoms with E-state index in [1.165, 1.54) is 4.90 Å². The van der Waals surface area contributed by atoms with Crippen LogP contribution in [0.2, 0.25) is 0 Å². The zero-order valence-corrected chi connectivity index (χ0v) is 16.5. The standard InChI is InChI=1S/C20H28N2O5/c1-5-9-10-22-19(23)15(21-20(22)24)11-14-12-17(26-7-3)18(27-8-4)13-16(14)25-6-2/h11-13H,5-10H2,1-4H3,(H,21,24)/b15-11-. The number of amides is 3. The molecule has 1 fully saturated rings. The Morgan fingerprint density at radius 1 is 0.926 bits per heavy atom. The molecule has 0 saturated carbocycles. The van der Waals surface area contributed by atoms with Crippen molar-refractivity contribution in [2.75, 3.05) is 26.4 Å². The minimum atomic E-state index is -0.395. The van der Waals surface area contributed by atoms with Crippen LogP contribution < -0.4 is 19.5 Å². The highest BCUT2D eigenvalue weighted by atomic mass is 16.5. The van der Waals surface area contributed by atoms with Gasteiger partial charge in [-0.3, -0.25) is 9.69 Å². The van der Waals surface area contributed by atoms with E-state index in [1.54, 1.807) is 18.2 Å². The number of ether oxygens (including phenoxy) is 3. The monoisotopic (exact) mass is 376 g/mol. The van der Waals surface area contributed by atoms with Crippen LogP contribution in [0.4, 0.5) is 4.79 Å². The molecule has 1 saturated heterocycles. The van der Waals surface area contributed by atoms with Crippen LogP contribution in [0.25, 0.3) is 6.08 Å². The SMILES string of the molecule is CCCCN1C(=O)N/C(=C\c2cc(OCC)c(OCC)cc2OCC)C1=O. The molecule has 7 nitrogen and oxygen atoms in total. The van der Waals surface area contributed by atoms with E-state index in [9.17, 15) is 9.59 Å². The molecule has 0 bridgehead atoms. The summed E-state index contributed by atoms with van der Waals surface area (Å²) in [6.07, 6.45) is 3.30. The van der Waals surface area contributed by atoms with Gasteiger partial charge in [0.15, 0.2) is 11.5 Å². The highest BCUT2D eigenvalue weighted by molar-refractivity contribution is 6.14. The first-order valence-electron chi connectivity index (χ1n) is 9.46. The van der Waals surface area contributed by atoms with Gasteiger partial charge >= 0.3 is 6.03 Å². The van der Waals surface area contributed by atoms with Crippen LogP contribution in [0.5, 0.6) is 17.2 Å². The lowest BCUT2D eigenvalue weighted by molar-refractivity contribution is -0.122. The van der Waals surface area contributed by atoms with Gasteiger partial charge < -0.3 is 19.5 Å². The number of unbranched alkanes of at least 4 members (excludes halogenated alkanes) is 1. The largest absolute Gasteiger partial charge is 0.493 e. The summed E-state index contributed by atoms with van der Waals surface area (Å²) >= 11 is 0. The van der Waals surface area contributed by atoms with Crippen molar-refractivity contribution >= 4 is 18.0 Å². The number of carbonyl (C=O) groups excluding carboxylic acids is 2. The number of nitrogens with zero attached hydrogens (tertiary/aromatic N) is 1. The highest BCUT2D eigenvalue weighted by Crippen LogP contribution is 2.36. The number of carbonyl (C=O) groups is 2. The molecule has 0 spiro atoms. The fourth-order valence-electron chi connectivity index (χ4n) is 2.73. The molecule has 148 valence electrons. The van der Waals surface area contributed by atoms with Gasteiger partial charge in [-0.25, -0.2) is 4.79 Å². The van der Waals surface area contributed by atoms with Crippen molar-refractivity contribution in [3.8, 4) is 17.2 Å². The molecule has 0 aliphatic carbocycles. The molecule has 0 unspecified atom stereocenters. The van der Waals surface area contributed by atoms with Crippen LogP contribution in [0.3, 0.4) is 0 Å². The molecule has 0 radical (unpaired) electrons. The third-order valence-electron chi connectivity index (χ3n) is 3.97. The smallest absolute Gasteiger partial charge is 0.329 e. The van der Waals surface area contributed by atoms with E-state index < -0.39 is 6.03 Å². The average Bonchev–Trinajstić information content (AvgIpc) is 2.90. The molecule has 7 heteroatoms. The van der Waals surface area contributed by atoms with Gasteiger partial charge in [0.25, 0.3) is 5.91 Å². The fourth-order valence-corrected chi connectivity index (χ4v) is 2.73. The highest BCUT2D eigenvalue weighted by Gasteiger charge is 2.33. The van der Waals surface area contributed by atoms with Crippen LogP contribution >= 0.6 is 0 Å². The van der Waals surface area contributed by atoms with Crippen LogP contribution in [0.1, 0.15) is 46.1 Å². The Labute approximate surface area is 160 Å². The molecule has 3 amide bonds. The van der Waals surface area contributed by atoms with E-state index in [-0.39, 0.29) is 11.6 Å². The number of nitrogens with one attached hydrogen (secondary N) is 1. The van der Waals surface area contributed by atoms with Gasteiger partial charge in [-0.15, -0.1) is 0 Å². The first kappa shape index (κ1) is 20.6. The Kier molecular flexibility index (Phi) is 7.52. The van der Waals surface area contributed by atoms with Gasteiger partial charge in [-0.2, -0.15) is 0 Å². The Hall–Kier alpha value is -2.70. The van der Waals surface area contributed by atoms with Crippen molar-refractivity contribution in [3.63, 3.8) is 0 Å². The van der Waals surface area contributed by atoms with E-state index in [1.807, 2.05) is 27.7 Å². The molecule has 2 rings (SSSR count). The maximum atomic E-state index is 12.6. The molecule has 27 heavy (non-hydrogen) atoms. The quantitative estimate of drug-likeness (QED) is 0.499. The van der Waals surface area contributed by atoms with E-state index in [0.717, 1.165) is 12.8 Å². The third-order valence-corrected chi connectivity index (χ3v) is 3.97. The van der Waals surface area contributed by atoms with Crippen molar-refractivity contribution in [1.82, 2.24) is 10.2 Å². The number of hydrogen-bond donors (Lipinski definition) is 1. The van der Waals surface area contributed by atoms with Gasteiger partial charge in [-0.05, 0) is 39.3 Å². The van der Waals surface area contributed by atoms with Gasteiger partial charge in [0.2, 0.25) is 0 Å². The third kappa shape index (κ3) is 4.93. The van der Waals surface area contributed by atoms with Crippen LogP contribution in [0.15, 0.2) is 17.8 Å². The second kappa shape index (κ2) is 9.85. The number of imide groups is 1. The maximum absolute atomic E-state index is 12.6. The normalized spacial score (nSPS) is 15.3. The minimum absolute atomic E-state index is 0.226. The molecule has 1 aromatic rings. The first-order valence-corrected chi connectivity index (χ1v) is 9.46. The zero-order valence-electron chi connectivity index (χ0n) is 16.5. The summed E-state index contributed by atoms with van der Waals surface area (Å²) in [4.78, 5) is 25.9. The summed E-state index contributed by atoms with van der Waals surface area (Å²) in [6, 6.07) is 3.12. The van der Waals surface area contributed by atoms with E-state index >= 15 is 0 Å². The van der Waals surface area contributed by atoms with Crippen molar-refractivity contribution in [2.45, 2.75) is 40.5 Å². The second-order valence-electron chi connectivity index (χ2n) is 5.93. The van der Waals surface area contributed by atoms with Crippen LogP contribution in [-0.4, -0.2) is 43.2 Å². The lowest BCUT2D eigenvalue weighted by Gasteiger charge is -2.15. The molecule has 1 N–H and O–H groups in total. The predicted octanol–water partition coefficient (Wildman–Crippen LogP) is 3.58. The summed E-state index contributed by atoms with van der Waals surface area (Å²) in [7, 11) is 0. The molecular weight excluding hydrogens is 348 g/mol. The van der Waals surface area contributed by atoms with Gasteiger partial charge in [0.05, 0.1) is 19.8 Å². The van der Waals surface area contributed by atoms with E-state index in [4.69, 9.17) is 14.2 Å². The molecule has 1 aliphatic rings. The molecule has 1 aromatic carbocycles. The lowest BCUT2D eigenvalue weighted by Crippen LogP contribution is -2.31. The summed E-state index contributed by atoms with van der Waals surface area (Å²) < 4.78 is 17.0. The lowest BCUT2D eigenvalue weighted by atomic mass is 10.1. The first-order chi connectivity index (χ1) is 13.0.